The summed E-state index contributed by atoms with van der Waals surface area (Å²) in [5.41, 5.74) is 0. The number of rotatable bonds is 10. The van der Waals surface area contributed by atoms with E-state index in [1.54, 1.807) is 0 Å². The zero-order valence-corrected chi connectivity index (χ0v) is 14.6. The van der Waals surface area contributed by atoms with Gasteiger partial charge in [0.1, 0.15) is 0 Å². The zero-order chi connectivity index (χ0) is 16.0. The monoisotopic (exact) mass is 309 g/mol. The van der Waals surface area contributed by atoms with E-state index >= 15 is 0 Å². The molecule has 0 aromatic heterocycles. The second-order valence-electron chi connectivity index (χ2n) is 6.76. The van der Waals surface area contributed by atoms with Crippen molar-refractivity contribution in [1.82, 2.24) is 5.32 Å². The highest BCUT2D eigenvalue weighted by Gasteiger charge is 2.11. The summed E-state index contributed by atoms with van der Waals surface area (Å²) in [6, 6.07) is 0. The third-order valence-electron chi connectivity index (χ3n) is 4.50. The topological polar surface area (TPSA) is 38.3 Å². The van der Waals surface area contributed by atoms with Crippen LogP contribution >= 0.6 is 0 Å². The molecule has 1 aliphatic rings. The fourth-order valence-corrected chi connectivity index (χ4v) is 2.96. The van der Waals surface area contributed by atoms with Crippen LogP contribution in [0.25, 0.3) is 0 Å². The lowest BCUT2D eigenvalue weighted by atomic mass is 9.86. The zero-order valence-electron chi connectivity index (χ0n) is 14.6. The number of allylic oxidation sites excluding steroid dienone is 2. The molecule has 1 fully saturated rings. The Labute approximate surface area is 136 Å². The summed E-state index contributed by atoms with van der Waals surface area (Å²) in [4.78, 5) is 11.4. The highest BCUT2D eigenvalue weighted by molar-refractivity contribution is 5.67. The third kappa shape index (κ3) is 9.86. The maximum absolute atomic E-state index is 11.4. The molecule has 22 heavy (non-hydrogen) atoms. The molecule has 0 aliphatic heterocycles. The van der Waals surface area contributed by atoms with E-state index in [4.69, 9.17) is 4.74 Å². The van der Waals surface area contributed by atoms with Crippen LogP contribution in [0.2, 0.25) is 0 Å². The van der Waals surface area contributed by atoms with Crippen molar-refractivity contribution in [1.29, 1.82) is 0 Å². The van der Waals surface area contributed by atoms with Crippen molar-refractivity contribution in [2.24, 2.45) is 11.8 Å². The average Bonchev–Trinajstić information content (AvgIpc) is 2.54. The summed E-state index contributed by atoms with van der Waals surface area (Å²) in [5, 5.41) is 2.84. The van der Waals surface area contributed by atoms with Gasteiger partial charge in [0.2, 0.25) is 0 Å². The SMILES string of the molecule is CCCCOC(=O)NCC(C)CC=CCCC1CCCCC1. The van der Waals surface area contributed by atoms with Gasteiger partial charge in [0.05, 0.1) is 6.61 Å². The minimum absolute atomic E-state index is 0.276. The maximum Gasteiger partial charge on any atom is 0.407 e. The van der Waals surface area contributed by atoms with Crippen LogP contribution < -0.4 is 5.32 Å². The highest BCUT2D eigenvalue weighted by Crippen LogP contribution is 2.27. The first-order valence-electron chi connectivity index (χ1n) is 9.28. The molecule has 1 saturated carbocycles. The Morgan fingerprint density at radius 2 is 2.05 bits per heavy atom. The van der Waals surface area contributed by atoms with E-state index in [9.17, 15) is 4.79 Å². The van der Waals surface area contributed by atoms with Crippen LogP contribution in [0.3, 0.4) is 0 Å². The summed E-state index contributed by atoms with van der Waals surface area (Å²) < 4.78 is 5.07. The van der Waals surface area contributed by atoms with Gasteiger partial charge in [0.25, 0.3) is 0 Å². The molecule has 0 radical (unpaired) electrons. The van der Waals surface area contributed by atoms with Gasteiger partial charge >= 0.3 is 6.09 Å². The molecule has 0 spiro atoms. The molecule has 3 heteroatoms. The van der Waals surface area contributed by atoms with E-state index in [-0.39, 0.29) is 6.09 Å². The van der Waals surface area contributed by atoms with Gasteiger partial charge in [-0.2, -0.15) is 0 Å². The average molecular weight is 309 g/mol. The van der Waals surface area contributed by atoms with Gasteiger partial charge < -0.3 is 10.1 Å². The van der Waals surface area contributed by atoms with Crippen molar-refractivity contribution in [3.63, 3.8) is 0 Å². The minimum Gasteiger partial charge on any atom is -0.450 e. The second kappa shape index (κ2) is 12.5. The van der Waals surface area contributed by atoms with Gasteiger partial charge in [-0.3, -0.25) is 0 Å². The highest BCUT2D eigenvalue weighted by atomic mass is 16.5. The van der Waals surface area contributed by atoms with Gasteiger partial charge in [-0.05, 0) is 37.5 Å². The number of alkyl carbamates (subject to hydrolysis) is 1. The van der Waals surface area contributed by atoms with Gasteiger partial charge in [-0.15, -0.1) is 0 Å². The van der Waals surface area contributed by atoms with Crippen LogP contribution in [-0.2, 0) is 4.74 Å². The van der Waals surface area contributed by atoms with E-state index in [1.165, 1.54) is 44.9 Å². The number of nitrogens with one attached hydrogen (secondary N) is 1. The molecule has 128 valence electrons. The van der Waals surface area contributed by atoms with Crippen LogP contribution in [0.4, 0.5) is 4.79 Å². The standard InChI is InChI=1S/C19H35NO2/c1-3-4-15-22-19(21)20-16-17(2)11-7-5-8-12-18-13-9-6-10-14-18/h5,7,17-18H,3-4,6,8-16H2,1-2H3,(H,20,21). The fourth-order valence-electron chi connectivity index (χ4n) is 2.96. The molecule has 0 aromatic carbocycles. The predicted octanol–water partition coefficient (Wildman–Crippen LogP) is 5.46. The van der Waals surface area contributed by atoms with Crippen LogP contribution in [0, 0.1) is 11.8 Å². The van der Waals surface area contributed by atoms with Gasteiger partial charge in [-0.25, -0.2) is 4.79 Å². The Balaban J connectivity index is 1.98. The maximum atomic E-state index is 11.4. The lowest BCUT2D eigenvalue weighted by molar-refractivity contribution is 0.143. The number of hydrogen-bond donors (Lipinski definition) is 1. The Morgan fingerprint density at radius 1 is 1.27 bits per heavy atom. The van der Waals surface area contributed by atoms with Gasteiger partial charge in [0.15, 0.2) is 0 Å². The van der Waals surface area contributed by atoms with Crippen LogP contribution in [-0.4, -0.2) is 19.2 Å². The van der Waals surface area contributed by atoms with E-state index in [2.05, 4.69) is 31.3 Å². The van der Waals surface area contributed by atoms with E-state index in [0.29, 0.717) is 19.1 Å². The molecule has 0 bridgehead atoms. The molecular weight excluding hydrogens is 274 g/mol. The molecule has 0 aromatic rings. The van der Waals surface area contributed by atoms with Crippen molar-refractivity contribution in [3.05, 3.63) is 12.2 Å². The Morgan fingerprint density at radius 3 is 2.77 bits per heavy atom. The van der Waals surface area contributed by atoms with Crippen molar-refractivity contribution < 1.29 is 9.53 Å². The van der Waals surface area contributed by atoms with E-state index < -0.39 is 0 Å². The van der Waals surface area contributed by atoms with Crippen LogP contribution in [0.15, 0.2) is 12.2 Å². The van der Waals surface area contributed by atoms with E-state index in [1.807, 2.05) is 0 Å². The third-order valence-corrected chi connectivity index (χ3v) is 4.50. The molecule has 3 nitrogen and oxygen atoms in total. The Bertz CT molecular complexity index is 309. The number of hydrogen-bond acceptors (Lipinski definition) is 2. The van der Waals surface area contributed by atoms with Crippen molar-refractivity contribution in [2.45, 2.75) is 78.1 Å². The van der Waals surface area contributed by atoms with Crippen molar-refractivity contribution in [2.75, 3.05) is 13.2 Å². The van der Waals surface area contributed by atoms with Gasteiger partial charge in [-0.1, -0.05) is 64.5 Å². The largest absolute Gasteiger partial charge is 0.450 e. The number of unbranched alkanes of at least 4 members (excludes halogenated alkanes) is 1. The molecule has 1 atom stereocenters. The predicted molar refractivity (Wildman–Crippen MR) is 93.0 cm³/mol. The van der Waals surface area contributed by atoms with Crippen LogP contribution in [0.1, 0.15) is 78.1 Å². The quantitative estimate of drug-likeness (QED) is 0.430. The van der Waals surface area contributed by atoms with Crippen LogP contribution in [0.5, 0.6) is 0 Å². The molecule has 1 aliphatic carbocycles. The summed E-state index contributed by atoms with van der Waals surface area (Å²) in [7, 11) is 0. The molecule has 0 heterocycles. The first kappa shape index (κ1) is 19.1. The summed E-state index contributed by atoms with van der Waals surface area (Å²) in [6.07, 6.45) is 17.1. The molecule has 1 amide bonds. The second-order valence-corrected chi connectivity index (χ2v) is 6.76. The first-order valence-corrected chi connectivity index (χ1v) is 9.28. The summed E-state index contributed by atoms with van der Waals surface area (Å²) in [6.45, 7) is 5.47. The van der Waals surface area contributed by atoms with E-state index in [0.717, 1.165) is 25.2 Å². The molecular formula is C19H35NO2. The smallest absolute Gasteiger partial charge is 0.407 e. The molecule has 1 rings (SSSR count). The normalized spacial score (nSPS) is 17.5. The van der Waals surface area contributed by atoms with Crippen molar-refractivity contribution in [3.8, 4) is 0 Å². The lowest BCUT2D eigenvalue weighted by Gasteiger charge is -2.20. The Hall–Kier alpha value is -0.990. The molecule has 1 N–H and O–H groups in total. The number of carbonyl (C=O) groups is 1. The van der Waals surface area contributed by atoms with Crippen molar-refractivity contribution >= 4 is 6.09 Å². The van der Waals surface area contributed by atoms with Gasteiger partial charge in [0, 0.05) is 6.54 Å². The molecule has 0 saturated heterocycles. The first-order chi connectivity index (χ1) is 10.7. The lowest BCUT2D eigenvalue weighted by Crippen LogP contribution is -2.29. The fraction of sp³-hybridized carbons (Fsp3) is 0.842. The minimum atomic E-state index is -0.276. The summed E-state index contributed by atoms with van der Waals surface area (Å²) in [5.74, 6) is 1.43. The summed E-state index contributed by atoms with van der Waals surface area (Å²) >= 11 is 0. The number of amides is 1. The Kier molecular flexibility index (Phi) is 10.9. The molecule has 1 unspecified atom stereocenters. The number of carbonyl (C=O) groups excluding carboxylic acids is 1. The number of ether oxygens (including phenoxy) is 1.